The molecule has 1 amide bonds. The van der Waals surface area contributed by atoms with Crippen molar-refractivity contribution in [3.63, 3.8) is 0 Å². The third-order valence-corrected chi connectivity index (χ3v) is 5.06. The molecule has 0 unspecified atom stereocenters. The number of hydrogen-bond donors (Lipinski definition) is 1. The van der Waals surface area contributed by atoms with E-state index >= 15 is 0 Å². The number of anilines is 1. The molecule has 148 valence electrons. The zero-order valence-corrected chi connectivity index (χ0v) is 16.4. The predicted octanol–water partition coefficient (Wildman–Crippen LogP) is 4.08. The van der Waals surface area contributed by atoms with E-state index in [9.17, 15) is 4.79 Å². The molecule has 0 aliphatic carbocycles. The van der Waals surface area contributed by atoms with E-state index in [1.54, 1.807) is 6.20 Å². The van der Waals surface area contributed by atoms with Gasteiger partial charge in [0.2, 0.25) is 5.91 Å². The first-order valence-corrected chi connectivity index (χ1v) is 9.99. The second-order valence-electron chi connectivity index (χ2n) is 7.18. The Balaban J connectivity index is 1.31. The molecule has 1 aromatic heterocycles. The van der Waals surface area contributed by atoms with Crippen LogP contribution in [-0.2, 0) is 24.5 Å². The summed E-state index contributed by atoms with van der Waals surface area (Å²) < 4.78 is 5.99. The van der Waals surface area contributed by atoms with Crippen LogP contribution in [0.3, 0.4) is 0 Å². The first-order chi connectivity index (χ1) is 14.3. The molecule has 1 fully saturated rings. The molecule has 29 heavy (non-hydrogen) atoms. The average molecular weight is 387 g/mol. The second kappa shape index (κ2) is 9.34. The van der Waals surface area contributed by atoms with Crippen LogP contribution in [-0.4, -0.2) is 17.4 Å². The quantitative estimate of drug-likeness (QED) is 0.633. The van der Waals surface area contributed by atoms with E-state index in [0.29, 0.717) is 13.0 Å². The molecule has 5 nitrogen and oxygen atoms in total. The van der Waals surface area contributed by atoms with Crippen LogP contribution in [0.15, 0.2) is 73.1 Å². The van der Waals surface area contributed by atoms with Gasteiger partial charge in [-0.2, -0.15) is 0 Å². The van der Waals surface area contributed by atoms with Gasteiger partial charge >= 0.3 is 0 Å². The van der Waals surface area contributed by atoms with Crippen molar-refractivity contribution in [3.8, 4) is 5.75 Å². The molecule has 2 aromatic carbocycles. The van der Waals surface area contributed by atoms with Crippen molar-refractivity contribution in [3.05, 3.63) is 89.7 Å². The van der Waals surface area contributed by atoms with Crippen LogP contribution in [0, 0.1) is 0 Å². The Kier molecular flexibility index (Phi) is 6.17. The largest absolute Gasteiger partial charge is 0.489 e. The van der Waals surface area contributed by atoms with Gasteiger partial charge in [0.05, 0.1) is 0 Å². The second-order valence-corrected chi connectivity index (χ2v) is 7.18. The van der Waals surface area contributed by atoms with Gasteiger partial charge < -0.3 is 15.0 Å². The highest BCUT2D eigenvalue weighted by atomic mass is 16.5. The van der Waals surface area contributed by atoms with E-state index in [1.807, 2.05) is 53.6 Å². The Morgan fingerprint density at radius 3 is 2.59 bits per heavy atom. The summed E-state index contributed by atoms with van der Waals surface area (Å²) in [5, 5.41) is 3.48. The van der Waals surface area contributed by atoms with Gasteiger partial charge in [-0.25, -0.2) is 0 Å². The van der Waals surface area contributed by atoms with Crippen LogP contribution in [0.1, 0.15) is 29.5 Å². The maximum Gasteiger partial charge on any atom is 0.227 e. The fourth-order valence-electron chi connectivity index (χ4n) is 3.49. The number of carbonyl (C=O) groups excluding carboxylic acids is 1. The molecule has 2 heterocycles. The Morgan fingerprint density at radius 2 is 1.83 bits per heavy atom. The number of hydrogen-bond acceptors (Lipinski definition) is 4. The molecule has 5 heteroatoms. The van der Waals surface area contributed by atoms with Crippen LogP contribution in [0.4, 0.5) is 5.69 Å². The lowest BCUT2D eigenvalue weighted by Crippen LogP contribution is -2.23. The summed E-state index contributed by atoms with van der Waals surface area (Å²) in [6.45, 7) is 2.80. The summed E-state index contributed by atoms with van der Waals surface area (Å²) in [4.78, 5) is 17.9. The van der Waals surface area contributed by atoms with Gasteiger partial charge in [-0.1, -0.05) is 36.4 Å². The molecule has 1 aliphatic heterocycles. The number of para-hydroxylation sites is 1. The van der Waals surface area contributed by atoms with Crippen molar-refractivity contribution >= 4 is 11.6 Å². The van der Waals surface area contributed by atoms with Crippen LogP contribution >= 0.6 is 0 Å². The monoisotopic (exact) mass is 387 g/mol. The summed E-state index contributed by atoms with van der Waals surface area (Å²) in [7, 11) is 0. The SMILES string of the molecule is O=C1CCCN1c1ccc(CNCc2ccccc2OCc2cccnc2)cc1. The summed E-state index contributed by atoms with van der Waals surface area (Å²) in [6, 6.07) is 20.2. The fourth-order valence-corrected chi connectivity index (χ4v) is 3.49. The molecule has 0 radical (unpaired) electrons. The van der Waals surface area contributed by atoms with E-state index in [1.165, 1.54) is 5.56 Å². The molecule has 3 aromatic rings. The van der Waals surface area contributed by atoms with E-state index < -0.39 is 0 Å². The van der Waals surface area contributed by atoms with Crippen molar-refractivity contribution in [1.29, 1.82) is 0 Å². The topological polar surface area (TPSA) is 54.5 Å². The summed E-state index contributed by atoms with van der Waals surface area (Å²) in [6.07, 6.45) is 5.19. The number of rotatable bonds is 8. The third-order valence-electron chi connectivity index (χ3n) is 5.06. The normalized spacial score (nSPS) is 13.7. The van der Waals surface area contributed by atoms with Crippen LogP contribution in [0.2, 0.25) is 0 Å². The van der Waals surface area contributed by atoms with E-state index in [0.717, 1.165) is 48.6 Å². The van der Waals surface area contributed by atoms with Gasteiger partial charge in [-0.3, -0.25) is 9.78 Å². The van der Waals surface area contributed by atoms with Crippen molar-refractivity contribution in [1.82, 2.24) is 10.3 Å². The van der Waals surface area contributed by atoms with Crippen molar-refractivity contribution < 1.29 is 9.53 Å². The number of carbonyl (C=O) groups is 1. The average Bonchev–Trinajstić information content (AvgIpc) is 3.20. The standard InChI is InChI=1S/C24H25N3O2/c28-24-8-4-14-27(24)22-11-9-19(10-12-22)15-26-17-21-6-1-2-7-23(21)29-18-20-5-3-13-25-16-20/h1-3,5-7,9-13,16,26H,4,8,14-15,17-18H2. The number of aromatic nitrogens is 1. The molecule has 0 spiro atoms. The third kappa shape index (κ3) is 5.00. The summed E-state index contributed by atoms with van der Waals surface area (Å²) >= 11 is 0. The van der Waals surface area contributed by atoms with Crippen molar-refractivity contribution in [2.45, 2.75) is 32.5 Å². The summed E-state index contributed by atoms with van der Waals surface area (Å²) in [5.74, 6) is 1.10. The Labute approximate surface area is 171 Å². The minimum absolute atomic E-state index is 0.221. The molecular formula is C24H25N3O2. The molecular weight excluding hydrogens is 362 g/mol. The number of benzene rings is 2. The van der Waals surface area contributed by atoms with E-state index in [-0.39, 0.29) is 5.91 Å². The number of nitrogens with one attached hydrogen (secondary N) is 1. The zero-order valence-electron chi connectivity index (χ0n) is 16.4. The van der Waals surface area contributed by atoms with Gasteiger partial charge in [0.25, 0.3) is 0 Å². The highest BCUT2D eigenvalue weighted by Gasteiger charge is 2.21. The molecule has 1 N–H and O–H groups in total. The molecule has 1 saturated heterocycles. The Morgan fingerprint density at radius 1 is 0.966 bits per heavy atom. The molecule has 0 saturated carbocycles. The fraction of sp³-hybridized carbons (Fsp3) is 0.250. The highest BCUT2D eigenvalue weighted by molar-refractivity contribution is 5.95. The zero-order chi connectivity index (χ0) is 19.9. The number of pyridine rings is 1. The first-order valence-electron chi connectivity index (χ1n) is 9.99. The maximum atomic E-state index is 11.9. The smallest absolute Gasteiger partial charge is 0.227 e. The molecule has 0 atom stereocenters. The number of ether oxygens (including phenoxy) is 1. The minimum atomic E-state index is 0.221. The van der Waals surface area contributed by atoms with Gasteiger partial charge in [-0.05, 0) is 36.2 Å². The van der Waals surface area contributed by atoms with E-state index in [2.05, 4.69) is 28.5 Å². The lowest BCUT2D eigenvalue weighted by atomic mass is 10.1. The minimum Gasteiger partial charge on any atom is -0.489 e. The van der Waals surface area contributed by atoms with Crippen molar-refractivity contribution in [2.75, 3.05) is 11.4 Å². The van der Waals surface area contributed by atoms with Gasteiger partial charge in [0, 0.05) is 55.3 Å². The lowest BCUT2D eigenvalue weighted by molar-refractivity contribution is -0.117. The van der Waals surface area contributed by atoms with Gasteiger partial charge in [-0.15, -0.1) is 0 Å². The first kappa shape index (κ1) is 19.2. The lowest BCUT2D eigenvalue weighted by Gasteiger charge is -2.16. The highest BCUT2D eigenvalue weighted by Crippen LogP contribution is 2.22. The van der Waals surface area contributed by atoms with Gasteiger partial charge in [0.15, 0.2) is 0 Å². The van der Waals surface area contributed by atoms with Crippen LogP contribution < -0.4 is 15.0 Å². The number of amides is 1. The van der Waals surface area contributed by atoms with Crippen molar-refractivity contribution in [2.24, 2.45) is 0 Å². The van der Waals surface area contributed by atoms with E-state index in [4.69, 9.17) is 4.74 Å². The molecule has 0 bridgehead atoms. The van der Waals surface area contributed by atoms with Crippen LogP contribution in [0.25, 0.3) is 0 Å². The number of nitrogens with zero attached hydrogens (tertiary/aromatic N) is 2. The Bertz CT molecular complexity index is 942. The maximum absolute atomic E-state index is 11.9. The molecule has 1 aliphatic rings. The van der Waals surface area contributed by atoms with Crippen LogP contribution in [0.5, 0.6) is 5.75 Å². The predicted molar refractivity (Wildman–Crippen MR) is 114 cm³/mol. The van der Waals surface area contributed by atoms with Gasteiger partial charge in [0.1, 0.15) is 12.4 Å². The molecule has 4 rings (SSSR count). The Hall–Kier alpha value is -3.18. The summed E-state index contributed by atoms with van der Waals surface area (Å²) in [5.41, 5.74) is 4.35.